The lowest BCUT2D eigenvalue weighted by atomic mass is 9.87. The van der Waals surface area contributed by atoms with Crippen LogP contribution in [0.1, 0.15) is 42.2 Å². The number of aryl methyl sites for hydroxylation is 2. The molecule has 2 aliphatic heterocycles. The van der Waals surface area contributed by atoms with Crippen LogP contribution in [0.4, 0.5) is 0 Å². The van der Waals surface area contributed by atoms with Crippen LogP contribution in [-0.4, -0.2) is 30.0 Å². The monoisotopic (exact) mass is 332 g/mol. The van der Waals surface area contributed by atoms with Gasteiger partial charge in [-0.1, -0.05) is 22.9 Å². The van der Waals surface area contributed by atoms with E-state index in [-0.39, 0.29) is 18.0 Å². The van der Waals surface area contributed by atoms with E-state index in [0.29, 0.717) is 4.90 Å². The maximum atomic E-state index is 13.1. The molecular weight excluding hydrogens is 312 g/mol. The molecule has 23 heavy (non-hydrogen) atoms. The fourth-order valence-electron chi connectivity index (χ4n) is 4.01. The van der Waals surface area contributed by atoms with Crippen LogP contribution in [0.5, 0.6) is 0 Å². The van der Waals surface area contributed by atoms with Gasteiger partial charge in [0.05, 0.1) is 10.6 Å². The lowest BCUT2D eigenvalue weighted by Gasteiger charge is -2.23. The molecule has 2 saturated heterocycles. The summed E-state index contributed by atoms with van der Waals surface area (Å²) in [6.45, 7) is 3.85. The van der Waals surface area contributed by atoms with Crippen molar-refractivity contribution in [3.63, 3.8) is 0 Å². The molecule has 0 unspecified atom stereocenters. The van der Waals surface area contributed by atoms with Gasteiger partial charge in [0, 0.05) is 24.1 Å². The Morgan fingerprint density at radius 1 is 1.17 bits per heavy atom. The minimum absolute atomic E-state index is 0.0151. The molecule has 5 nitrogen and oxygen atoms in total. The lowest BCUT2D eigenvalue weighted by Crippen LogP contribution is -2.36. The van der Waals surface area contributed by atoms with Crippen LogP contribution in [0, 0.1) is 13.8 Å². The molecule has 2 aromatic rings. The van der Waals surface area contributed by atoms with Crippen LogP contribution in [-0.2, 0) is 10.0 Å². The molecule has 0 spiro atoms. The van der Waals surface area contributed by atoms with Gasteiger partial charge in [-0.25, -0.2) is 8.42 Å². The normalized spacial score (nSPS) is 27.7. The first kappa shape index (κ1) is 14.9. The van der Waals surface area contributed by atoms with E-state index in [4.69, 9.17) is 4.52 Å². The van der Waals surface area contributed by atoms with Gasteiger partial charge in [-0.2, -0.15) is 4.31 Å². The van der Waals surface area contributed by atoms with Gasteiger partial charge in [-0.15, -0.1) is 0 Å². The Kier molecular flexibility index (Phi) is 3.35. The molecule has 3 atom stereocenters. The number of rotatable bonds is 3. The first-order valence-electron chi connectivity index (χ1n) is 8.00. The number of hydrogen-bond donors (Lipinski definition) is 0. The molecular formula is C17H20N2O3S. The Morgan fingerprint density at radius 2 is 1.91 bits per heavy atom. The summed E-state index contributed by atoms with van der Waals surface area (Å²) in [5.74, 6) is 0.939. The number of aromatic nitrogens is 1. The molecule has 0 radical (unpaired) electrons. The molecule has 0 amide bonds. The third-order valence-electron chi connectivity index (χ3n) is 5.08. The van der Waals surface area contributed by atoms with Crippen molar-refractivity contribution in [2.75, 3.05) is 0 Å². The molecule has 4 rings (SSSR count). The highest BCUT2D eigenvalue weighted by Crippen LogP contribution is 2.49. The summed E-state index contributed by atoms with van der Waals surface area (Å²) in [6.07, 6.45) is 2.64. The zero-order valence-corrected chi connectivity index (χ0v) is 14.1. The third kappa shape index (κ3) is 2.32. The van der Waals surface area contributed by atoms with E-state index in [1.165, 1.54) is 0 Å². The van der Waals surface area contributed by atoms with Gasteiger partial charge in [-0.3, -0.25) is 0 Å². The number of hydrogen-bond acceptors (Lipinski definition) is 4. The molecule has 3 heterocycles. The van der Waals surface area contributed by atoms with Gasteiger partial charge in [0.25, 0.3) is 0 Å². The molecule has 2 bridgehead atoms. The van der Waals surface area contributed by atoms with Crippen molar-refractivity contribution in [3.05, 3.63) is 47.3 Å². The summed E-state index contributed by atoms with van der Waals surface area (Å²) in [5, 5.41) is 3.96. The van der Waals surface area contributed by atoms with Gasteiger partial charge in [0.2, 0.25) is 10.0 Å². The van der Waals surface area contributed by atoms with Gasteiger partial charge in [0.15, 0.2) is 0 Å². The average molecular weight is 332 g/mol. The van der Waals surface area contributed by atoms with E-state index < -0.39 is 10.0 Å². The second kappa shape index (κ2) is 5.18. The van der Waals surface area contributed by atoms with Crippen molar-refractivity contribution in [2.24, 2.45) is 0 Å². The van der Waals surface area contributed by atoms with Crippen LogP contribution >= 0.6 is 0 Å². The lowest BCUT2D eigenvalue weighted by molar-refractivity contribution is 0.323. The number of nitrogens with zero attached hydrogens (tertiary/aromatic N) is 2. The molecule has 0 aliphatic carbocycles. The van der Waals surface area contributed by atoms with E-state index in [1.807, 2.05) is 32.0 Å². The molecule has 2 fully saturated rings. The van der Waals surface area contributed by atoms with E-state index in [1.54, 1.807) is 16.4 Å². The Bertz CT molecular complexity index is 826. The summed E-state index contributed by atoms with van der Waals surface area (Å²) >= 11 is 0. The molecule has 0 N–H and O–H groups in total. The predicted molar refractivity (Wildman–Crippen MR) is 85.6 cm³/mol. The maximum absolute atomic E-state index is 13.1. The quantitative estimate of drug-likeness (QED) is 0.867. The minimum Gasteiger partial charge on any atom is -0.361 e. The van der Waals surface area contributed by atoms with Gasteiger partial charge in [-0.05, 0) is 45.2 Å². The van der Waals surface area contributed by atoms with Gasteiger partial charge >= 0.3 is 0 Å². The van der Waals surface area contributed by atoms with Crippen molar-refractivity contribution < 1.29 is 12.9 Å². The smallest absolute Gasteiger partial charge is 0.243 e. The average Bonchev–Trinajstić information content (AvgIpc) is 3.21. The second-order valence-electron chi connectivity index (χ2n) is 6.66. The first-order valence-corrected chi connectivity index (χ1v) is 9.44. The van der Waals surface area contributed by atoms with Crippen LogP contribution in [0.25, 0.3) is 0 Å². The summed E-state index contributed by atoms with van der Waals surface area (Å²) in [5.41, 5.74) is 1.90. The highest BCUT2D eigenvalue weighted by atomic mass is 32.2. The first-order chi connectivity index (χ1) is 11.0. The molecule has 6 heteroatoms. The van der Waals surface area contributed by atoms with Crippen molar-refractivity contribution in [1.29, 1.82) is 0 Å². The number of fused-ring (bicyclic) bond motifs is 2. The maximum Gasteiger partial charge on any atom is 0.243 e. The van der Waals surface area contributed by atoms with Crippen LogP contribution in [0.15, 0.2) is 39.8 Å². The third-order valence-corrected chi connectivity index (χ3v) is 7.07. The predicted octanol–water partition coefficient (Wildman–Crippen LogP) is 3.00. The fourth-order valence-corrected chi connectivity index (χ4v) is 5.93. The van der Waals surface area contributed by atoms with Crippen molar-refractivity contribution in [3.8, 4) is 0 Å². The van der Waals surface area contributed by atoms with Crippen LogP contribution in [0.2, 0.25) is 0 Å². The van der Waals surface area contributed by atoms with Crippen molar-refractivity contribution in [1.82, 2.24) is 9.46 Å². The molecule has 1 aromatic heterocycles. The van der Waals surface area contributed by atoms with Gasteiger partial charge in [0.1, 0.15) is 5.76 Å². The summed E-state index contributed by atoms with van der Waals surface area (Å²) < 4.78 is 33.3. The fraction of sp³-hybridized carbons (Fsp3) is 0.471. The Hall–Kier alpha value is -1.66. The van der Waals surface area contributed by atoms with E-state index >= 15 is 0 Å². The van der Waals surface area contributed by atoms with E-state index in [0.717, 1.165) is 36.3 Å². The Balaban J connectivity index is 1.68. The summed E-state index contributed by atoms with van der Waals surface area (Å²) in [4.78, 5) is 0.384. The molecule has 1 aromatic carbocycles. The molecule has 2 aliphatic rings. The Morgan fingerprint density at radius 3 is 2.57 bits per heavy atom. The molecule has 122 valence electrons. The van der Waals surface area contributed by atoms with E-state index in [2.05, 4.69) is 5.16 Å². The zero-order chi connectivity index (χ0) is 16.2. The Labute approximate surface area is 136 Å². The van der Waals surface area contributed by atoms with Crippen molar-refractivity contribution >= 4 is 10.0 Å². The summed E-state index contributed by atoms with van der Waals surface area (Å²) in [7, 11) is -3.45. The van der Waals surface area contributed by atoms with Crippen molar-refractivity contribution in [2.45, 2.75) is 56.0 Å². The zero-order valence-electron chi connectivity index (χ0n) is 13.3. The van der Waals surface area contributed by atoms with Gasteiger partial charge < -0.3 is 4.52 Å². The largest absolute Gasteiger partial charge is 0.361 e. The van der Waals surface area contributed by atoms with Crippen LogP contribution < -0.4 is 0 Å². The van der Waals surface area contributed by atoms with E-state index in [9.17, 15) is 8.42 Å². The number of sulfonamides is 1. The highest BCUT2D eigenvalue weighted by Gasteiger charge is 2.53. The number of benzene rings is 1. The topological polar surface area (TPSA) is 63.4 Å². The standard InChI is InChI=1S/C17H20N2O3S/c1-11-3-6-14(7-4-11)23(20,21)19-13-5-8-16(19)15(10-13)17-9-12(2)18-22-17/h3-4,6-7,9,13,15-16H,5,8,10H2,1-2H3/t13-,15-,16+/m0/s1. The summed E-state index contributed by atoms with van der Waals surface area (Å²) in [6, 6.07) is 9.10. The second-order valence-corrected chi connectivity index (χ2v) is 8.50. The highest BCUT2D eigenvalue weighted by molar-refractivity contribution is 7.89. The van der Waals surface area contributed by atoms with Crippen LogP contribution in [0.3, 0.4) is 0 Å². The SMILES string of the molecule is Cc1ccc(S(=O)(=O)N2[C@H]3CC[C@@H]2[C@@H](c2cc(C)no2)C3)cc1. The minimum atomic E-state index is -3.45. The molecule has 0 saturated carbocycles.